The Labute approximate surface area is 126 Å². The van der Waals surface area contributed by atoms with Crippen molar-refractivity contribution in [3.05, 3.63) is 46.4 Å². The maximum atomic E-state index is 11.5. The van der Waals surface area contributed by atoms with Crippen molar-refractivity contribution in [2.75, 3.05) is 0 Å². The number of carbonyl (C=O) groups excluding carboxylic acids is 1. The maximum absolute atomic E-state index is 11.5. The summed E-state index contributed by atoms with van der Waals surface area (Å²) in [5.74, 6) is -0.100. The summed E-state index contributed by atoms with van der Waals surface area (Å²) in [5, 5.41) is 9.61. The van der Waals surface area contributed by atoms with Gasteiger partial charge in [0.15, 0.2) is 11.5 Å². The molecule has 0 saturated carbocycles. The molecule has 21 heavy (non-hydrogen) atoms. The van der Waals surface area contributed by atoms with Gasteiger partial charge in [-0.2, -0.15) is 0 Å². The molecular weight excluding hydrogens is 288 g/mol. The number of carbonyl (C=O) groups is 1. The van der Waals surface area contributed by atoms with Crippen molar-refractivity contribution >= 4 is 28.3 Å². The Kier molecular flexibility index (Phi) is 3.22. The van der Waals surface area contributed by atoms with Gasteiger partial charge in [-0.05, 0) is 38.1 Å². The molecule has 0 radical (unpaired) electrons. The average Bonchev–Trinajstić information content (AvgIpc) is 2.79. The van der Waals surface area contributed by atoms with E-state index in [1.54, 1.807) is 4.68 Å². The van der Waals surface area contributed by atoms with Crippen LogP contribution in [0.1, 0.15) is 28.8 Å². The fourth-order valence-corrected chi connectivity index (χ4v) is 2.54. The Bertz CT molecular complexity index is 864. The molecule has 0 N–H and O–H groups in total. The predicted molar refractivity (Wildman–Crippen MR) is 81.1 cm³/mol. The first-order valence-corrected chi connectivity index (χ1v) is 6.85. The molecule has 6 heteroatoms. The van der Waals surface area contributed by atoms with Crippen LogP contribution in [0.5, 0.6) is 0 Å². The van der Waals surface area contributed by atoms with Gasteiger partial charge >= 0.3 is 0 Å². The Hall–Kier alpha value is -2.27. The highest BCUT2D eigenvalue weighted by atomic mass is 35.5. The molecule has 0 amide bonds. The summed E-state index contributed by atoms with van der Waals surface area (Å²) < 4.78 is 1.67. The highest BCUT2D eigenvalue weighted by Gasteiger charge is 2.16. The van der Waals surface area contributed by atoms with Crippen LogP contribution in [0.2, 0.25) is 5.02 Å². The standard InChI is InChI=1S/C15H13ClN4O/c1-8-6-14(12-5-4-11(16)7-13(12)17-8)20-9(2)15(10(3)21)18-19-20/h4-7H,1-3H3. The van der Waals surface area contributed by atoms with E-state index in [4.69, 9.17) is 11.6 Å². The van der Waals surface area contributed by atoms with Gasteiger partial charge < -0.3 is 0 Å². The van der Waals surface area contributed by atoms with Crippen LogP contribution >= 0.6 is 11.6 Å². The lowest BCUT2D eigenvalue weighted by Gasteiger charge is -2.09. The number of hydrogen-bond donors (Lipinski definition) is 0. The minimum Gasteiger partial charge on any atom is -0.293 e. The molecule has 0 unspecified atom stereocenters. The van der Waals surface area contributed by atoms with Crippen molar-refractivity contribution in [1.29, 1.82) is 0 Å². The number of halogens is 1. The Morgan fingerprint density at radius 1 is 1.24 bits per heavy atom. The van der Waals surface area contributed by atoms with Crippen molar-refractivity contribution in [2.24, 2.45) is 0 Å². The third-order valence-corrected chi connectivity index (χ3v) is 3.57. The third kappa shape index (κ3) is 2.29. The number of aromatic nitrogens is 4. The highest BCUT2D eigenvalue weighted by Crippen LogP contribution is 2.25. The van der Waals surface area contributed by atoms with Crippen molar-refractivity contribution < 1.29 is 4.79 Å². The van der Waals surface area contributed by atoms with E-state index in [0.29, 0.717) is 16.4 Å². The van der Waals surface area contributed by atoms with Crippen LogP contribution in [0.3, 0.4) is 0 Å². The number of benzene rings is 1. The van der Waals surface area contributed by atoms with E-state index < -0.39 is 0 Å². The summed E-state index contributed by atoms with van der Waals surface area (Å²) in [4.78, 5) is 16.0. The fraction of sp³-hybridized carbons (Fsp3) is 0.200. The molecular formula is C15H13ClN4O. The quantitative estimate of drug-likeness (QED) is 0.681. The smallest absolute Gasteiger partial charge is 0.181 e. The van der Waals surface area contributed by atoms with Gasteiger partial charge in [0.25, 0.3) is 0 Å². The minimum atomic E-state index is -0.100. The van der Waals surface area contributed by atoms with Crippen LogP contribution in [0, 0.1) is 13.8 Å². The average molecular weight is 301 g/mol. The van der Waals surface area contributed by atoms with Gasteiger partial charge in [0.2, 0.25) is 0 Å². The van der Waals surface area contributed by atoms with Crippen LogP contribution in [-0.2, 0) is 0 Å². The molecule has 3 aromatic rings. The molecule has 106 valence electrons. The van der Waals surface area contributed by atoms with Crippen LogP contribution < -0.4 is 0 Å². The molecule has 0 aliphatic rings. The summed E-state index contributed by atoms with van der Waals surface area (Å²) in [7, 11) is 0. The van der Waals surface area contributed by atoms with E-state index in [1.807, 2.05) is 38.1 Å². The second kappa shape index (κ2) is 4.93. The first-order chi connectivity index (χ1) is 9.97. The SMILES string of the molecule is CC(=O)c1nnn(-c2cc(C)nc3cc(Cl)ccc23)c1C. The van der Waals surface area contributed by atoms with Crippen molar-refractivity contribution in [3.8, 4) is 5.69 Å². The zero-order valence-corrected chi connectivity index (χ0v) is 12.6. The minimum absolute atomic E-state index is 0.100. The molecule has 0 aliphatic heterocycles. The van der Waals surface area contributed by atoms with Gasteiger partial charge in [0.1, 0.15) is 0 Å². The van der Waals surface area contributed by atoms with E-state index in [1.165, 1.54) is 6.92 Å². The van der Waals surface area contributed by atoms with E-state index in [0.717, 1.165) is 22.3 Å². The second-order valence-electron chi connectivity index (χ2n) is 4.94. The number of aryl methyl sites for hydroxylation is 1. The number of fused-ring (bicyclic) bond motifs is 1. The molecule has 1 aromatic carbocycles. The summed E-state index contributed by atoms with van der Waals surface area (Å²) in [5.41, 5.74) is 3.57. The summed E-state index contributed by atoms with van der Waals surface area (Å²) in [6, 6.07) is 7.43. The number of ketones is 1. The molecule has 0 atom stereocenters. The van der Waals surface area contributed by atoms with Gasteiger partial charge in [-0.3, -0.25) is 9.78 Å². The van der Waals surface area contributed by atoms with Crippen LogP contribution in [0.4, 0.5) is 0 Å². The first-order valence-electron chi connectivity index (χ1n) is 6.48. The van der Waals surface area contributed by atoms with Gasteiger partial charge in [0, 0.05) is 23.0 Å². The molecule has 5 nitrogen and oxygen atoms in total. The van der Waals surface area contributed by atoms with E-state index >= 15 is 0 Å². The zero-order valence-electron chi connectivity index (χ0n) is 11.9. The third-order valence-electron chi connectivity index (χ3n) is 3.33. The molecule has 2 aromatic heterocycles. The monoisotopic (exact) mass is 300 g/mol. The van der Waals surface area contributed by atoms with Crippen molar-refractivity contribution in [1.82, 2.24) is 20.0 Å². The van der Waals surface area contributed by atoms with Crippen LogP contribution in [-0.4, -0.2) is 25.8 Å². The number of rotatable bonds is 2. The van der Waals surface area contributed by atoms with E-state index in [9.17, 15) is 4.79 Å². The molecule has 2 heterocycles. The van der Waals surface area contributed by atoms with E-state index in [2.05, 4.69) is 15.3 Å². The lowest BCUT2D eigenvalue weighted by molar-refractivity contribution is 0.101. The number of pyridine rings is 1. The molecule has 3 rings (SSSR count). The topological polar surface area (TPSA) is 60.7 Å². The highest BCUT2D eigenvalue weighted by molar-refractivity contribution is 6.31. The lowest BCUT2D eigenvalue weighted by atomic mass is 10.1. The lowest BCUT2D eigenvalue weighted by Crippen LogP contribution is -2.03. The number of Topliss-reactive ketones (excluding diaryl/α,β-unsaturated/α-hetero) is 1. The Morgan fingerprint density at radius 2 is 2.00 bits per heavy atom. The first kappa shape index (κ1) is 13.7. The Morgan fingerprint density at radius 3 is 2.67 bits per heavy atom. The summed E-state index contributed by atoms with van der Waals surface area (Å²) in [6.45, 7) is 5.22. The number of hydrogen-bond acceptors (Lipinski definition) is 4. The second-order valence-corrected chi connectivity index (χ2v) is 5.37. The molecule has 0 spiro atoms. The van der Waals surface area contributed by atoms with Gasteiger partial charge in [-0.15, -0.1) is 5.10 Å². The summed E-state index contributed by atoms with van der Waals surface area (Å²) >= 11 is 6.03. The number of nitrogens with zero attached hydrogens (tertiary/aromatic N) is 4. The molecule has 0 aliphatic carbocycles. The van der Waals surface area contributed by atoms with E-state index in [-0.39, 0.29) is 5.78 Å². The fourth-order valence-electron chi connectivity index (χ4n) is 2.37. The van der Waals surface area contributed by atoms with Crippen molar-refractivity contribution in [3.63, 3.8) is 0 Å². The zero-order chi connectivity index (χ0) is 15.1. The van der Waals surface area contributed by atoms with Gasteiger partial charge in [-0.25, -0.2) is 4.68 Å². The van der Waals surface area contributed by atoms with Crippen molar-refractivity contribution in [2.45, 2.75) is 20.8 Å². The summed E-state index contributed by atoms with van der Waals surface area (Å²) in [6.07, 6.45) is 0. The maximum Gasteiger partial charge on any atom is 0.181 e. The Balaban J connectivity index is 2.32. The van der Waals surface area contributed by atoms with Gasteiger partial charge in [0.05, 0.1) is 16.9 Å². The molecule has 0 saturated heterocycles. The molecule has 0 fully saturated rings. The molecule has 0 bridgehead atoms. The van der Waals surface area contributed by atoms with Crippen LogP contribution in [0.25, 0.3) is 16.6 Å². The predicted octanol–water partition coefficient (Wildman–Crippen LogP) is 3.29. The van der Waals surface area contributed by atoms with Crippen LogP contribution in [0.15, 0.2) is 24.3 Å². The normalized spacial score (nSPS) is 11.0. The largest absolute Gasteiger partial charge is 0.293 e. The van der Waals surface area contributed by atoms with Gasteiger partial charge in [-0.1, -0.05) is 16.8 Å².